The molecule has 1 aromatic carbocycles. The Kier molecular flexibility index (Phi) is 11.4. The maximum absolute atomic E-state index is 11.8. The highest BCUT2D eigenvalue weighted by molar-refractivity contribution is 7.88. The Balaban J connectivity index is 1.67. The number of aromatic nitrogens is 1. The number of ether oxygens (including phenoxy) is 1. The lowest BCUT2D eigenvalue weighted by Gasteiger charge is -2.33. The molecule has 0 saturated carbocycles. The summed E-state index contributed by atoms with van der Waals surface area (Å²) < 4.78 is 31.2. The fraction of sp³-hybridized carbons (Fsp3) is 0.621. The summed E-state index contributed by atoms with van der Waals surface area (Å²) in [5.41, 5.74) is 2.26. The fourth-order valence-corrected chi connectivity index (χ4v) is 5.37. The summed E-state index contributed by atoms with van der Waals surface area (Å²) in [6.07, 6.45) is 9.49. The first kappa shape index (κ1) is 31.9. The predicted octanol–water partition coefficient (Wildman–Crippen LogP) is 5.73. The van der Waals surface area contributed by atoms with Gasteiger partial charge in [-0.1, -0.05) is 31.9 Å². The Bertz CT molecular complexity index is 1280. The van der Waals surface area contributed by atoms with Gasteiger partial charge >= 0.3 is 6.09 Å². The lowest BCUT2D eigenvalue weighted by Crippen LogP contribution is -2.53. The van der Waals surface area contributed by atoms with Crippen molar-refractivity contribution in [3.8, 4) is 0 Å². The predicted molar refractivity (Wildman–Crippen MR) is 161 cm³/mol. The normalized spacial score (nSPS) is 17.1. The van der Waals surface area contributed by atoms with Crippen molar-refractivity contribution in [3.05, 3.63) is 30.5 Å². The van der Waals surface area contributed by atoms with Crippen LogP contribution in [0.15, 0.2) is 35.5 Å². The number of pyridine rings is 1. The second-order valence-corrected chi connectivity index (χ2v) is 13.1. The summed E-state index contributed by atoms with van der Waals surface area (Å²) in [5, 5.41) is 3.84. The highest BCUT2D eigenvalue weighted by Crippen LogP contribution is 2.46. The third-order valence-electron chi connectivity index (χ3n) is 6.54. The molecule has 2 aromatic rings. The Labute approximate surface area is 239 Å². The number of aliphatic imine (C=N–C) groups is 1. The maximum Gasteiger partial charge on any atom is 0.407 e. The van der Waals surface area contributed by atoms with Crippen LogP contribution in [0.1, 0.15) is 79.1 Å². The van der Waals surface area contributed by atoms with Crippen molar-refractivity contribution >= 4 is 44.2 Å². The van der Waals surface area contributed by atoms with Crippen LogP contribution in [-0.4, -0.2) is 63.4 Å². The maximum atomic E-state index is 11.8. The Morgan fingerprint density at radius 1 is 1.02 bits per heavy atom. The first-order valence-electron chi connectivity index (χ1n) is 14.4. The summed E-state index contributed by atoms with van der Waals surface area (Å²) in [6, 6.07) is 8.07. The number of sulfonamides is 1. The van der Waals surface area contributed by atoms with Gasteiger partial charge in [0.15, 0.2) is 5.69 Å². The van der Waals surface area contributed by atoms with Gasteiger partial charge in [0.2, 0.25) is 21.5 Å². The van der Waals surface area contributed by atoms with Gasteiger partial charge in [0.25, 0.3) is 0 Å². The molecule has 1 aromatic heterocycles. The van der Waals surface area contributed by atoms with Gasteiger partial charge in [-0.05, 0) is 58.6 Å². The lowest BCUT2D eigenvalue weighted by molar-refractivity contribution is -0.0909. The van der Waals surface area contributed by atoms with Crippen molar-refractivity contribution in [2.45, 2.75) is 84.7 Å². The minimum absolute atomic E-state index is 0.227. The molecule has 2 heterocycles. The van der Waals surface area contributed by atoms with Gasteiger partial charge in [-0.2, -0.15) is 9.83 Å². The van der Waals surface area contributed by atoms with Gasteiger partial charge in [0.05, 0.1) is 23.4 Å². The van der Waals surface area contributed by atoms with Crippen LogP contribution in [0.3, 0.4) is 0 Å². The summed E-state index contributed by atoms with van der Waals surface area (Å²) in [6.45, 7) is 9.87. The van der Waals surface area contributed by atoms with Crippen LogP contribution >= 0.6 is 0 Å². The summed E-state index contributed by atoms with van der Waals surface area (Å²) in [5.74, 6) is 0.966. The molecule has 0 bridgehead atoms. The highest BCUT2D eigenvalue weighted by Gasteiger charge is 2.47. The zero-order valence-electron chi connectivity index (χ0n) is 24.7. The average Bonchev–Trinajstić information content (AvgIpc) is 3.17. The standard InChI is InChI=1S/C29H45N5O5S/c1-6-15-26-33-25-22-31-24-17-10-9-16-23(24)27(25)34(26,20-13-12-19-32-40(5,36)37)38-21-14-8-7-11-18-30-28(35)39-29(2,3)4/h9-10,16-17,22,32H,6-8,11-15,18-21H2,1-5H3/p+1. The number of benzene rings is 1. The number of rotatable bonds is 16. The summed E-state index contributed by atoms with van der Waals surface area (Å²) in [4.78, 5) is 28.2. The quantitative estimate of drug-likeness (QED) is 0.195. The molecule has 0 spiro atoms. The third kappa shape index (κ3) is 9.22. The van der Waals surface area contributed by atoms with Crippen LogP contribution in [0.25, 0.3) is 10.9 Å². The molecule has 1 aliphatic heterocycles. The first-order chi connectivity index (χ1) is 19.0. The molecule has 2 N–H and O–H groups in total. The zero-order valence-corrected chi connectivity index (χ0v) is 25.5. The van der Waals surface area contributed by atoms with Crippen molar-refractivity contribution < 1.29 is 22.8 Å². The molecule has 0 saturated heterocycles. The van der Waals surface area contributed by atoms with E-state index in [0.29, 0.717) is 32.7 Å². The molecule has 1 aliphatic rings. The minimum Gasteiger partial charge on any atom is -0.444 e. The Morgan fingerprint density at radius 3 is 2.48 bits per heavy atom. The van der Waals surface area contributed by atoms with Crippen LogP contribution in [0.2, 0.25) is 0 Å². The number of nitrogens with zero attached hydrogens (tertiary/aromatic N) is 3. The zero-order chi connectivity index (χ0) is 29.2. The molecule has 0 aliphatic carbocycles. The number of carbonyl (C=O) groups excluding carboxylic acids is 1. The number of amides is 1. The number of amidine groups is 1. The molecular formula is C29H46N5O5S+. The third-order valence-corrected chi connectivity index (χ3v) is 7.27. The monoisotopic (exact) mass is 576 g/mol. The summed E-state index contributed by atoms with van der Waals surface area (Å²) in [7, 11) is -3.22. The van der Waals surface area contributed by atoms with E-state index in [1.54, 1.807) is 0 Å². The van der Waals surface area contributed by atoms with E-state index >= 15 is 0 Å². The Morgan fingerprint density at radius 2 is 1.75 bits per heavy atom. The molecule has 3 rings (SSSR count). The second-order valence-electron chi connectivity index (χ2n) is 11.3. The smallest absolute Gasteiger partial charge is 0.407 e. The van der Waals surface area contributed by atoms with Gasteiger partial charge in [0, 0.05) is 25.9 Å². The number of nitrogens with one attached hydrogen (secondary N) is 2. The number of hydrogen-bond acceptors (Lipinski definition) is 7. The van der Waals surface area contributed by atoms with E-state index in [1.807, 2.05) is 45.2 Å². The molecule has 0 radical (unpaired) electrons. The van der Waals surface area contributed by atoms with Gasteiger partial charge in [-0.15, -0.1) is 4.65 Å². The van der Waals surface area contributed by atoms with E-state index in [1.165, 1.54) is 6.26 Å². The molecule has 40 heavy (non-hydrogen) atoms. The first-order valence-corrected chi connectivity index (χ1v) is 16.2. The number of hydroxylamine groups is 2. The van der Waals surface area contributed by atoms with Crippen LogP contribution in [0.4, 0.5) is 16.2 Å². The molecule has 222 valence electrons. The van der Waals surface area contributed by atoms with E-state index in [4.69, 9.17) is 14.6 Å². The minimum atomic E-state index is -3.22. The largest absolute Gasteiger partial charge is 0.444 e. The molecule has 1 amide bonds. The lowest BCUT2D eigenvalue weighted by atomic mass is 10.1. The molecule has 0 fully saturated rings. The van der Waals surface area contributed by atoms with Crippen LogP contribution in [0.5, 0.6) is 0 Å². The summed E-state index contributed by atoms with van der Waals surface area (Å²) >= 11 is 0. The van der Waals surface area contributed by atoms with Crippen molar-refractivity contribution in [2.75, 3.05) is 32.5 Å². The number of alkyl carbamates (subject to hydrolysis) is 1. The fourth-order valence-electron chi connectivity index (χ4n) is 4.85. The molecule has 1 atom stereocenters. The van der Waals surface area contributed by atoms with E-state index < -0.39 is 15.6 Å². The van der Waals surface area contributed by atoms with Gasteiger partial charge in [-0.3, -0.25) is 4.98 Å². The molecule has 1 unspecified atom stereocenters. The van der Waals surface area contributed by atoms with Crippen molar-refractivity contribution in [1.82, 2.24) is 19.7 Å². The van der Waals surface area contributed by atoms with Crippen molar-refractivity contribution in [2.24, 2.45) is 4.99 Å². The molecule has 10 nitrogen and oxygen atoms in total. The number of carbonyl (C=O) groups is 1. The van der Waals surface area contributed by atoms with E-state index in [-0.39, 0.29) is 10.7 Å². The van der Waals surface area contributed by atoms with Crippen molar-refractivity contribution in [1.29, 1.82) is 0 Å². The topological polar surface area (TPSA) is 119 Å². The Hall–Kier alpha value is -2.60. The van der Waals surface area contributed by atoms with Crippen LogP contribution in [-0.2, 0) is 19.6 Å². The average molecular weight is 577 g/mol. The van der Waals surface area contributed by atoms with Crippen molar-refractivity contribution in [3.63, 3.8) is 0 Å². The van der Waals surface area contributed by atoms with Gasteiger partial charge < -0.3 is 10.1 Å². The van der Waals surface area contributed by atoms with Crippen LogP contribution in [0, 0.1) is 0 Å². The van der Waals surface area contributed by atoms with E-state index in [0.717, 1.165) is 73.1 Å². The van der Waals surface area contributed by atoms with Gasteiger partial charge in [-0.25, -0.2) is 17.9 Å². The molecular weight excluding hydrogens is 530 g/mol. The number of hydrogen-bond donors (Lipinski definition) is 2. The van der Waals surface area contributed by atoms with Crippen LogP contribution < -0.4 is 14.7 Å². The van der Waals surface area contributed by atoms with E-state index in [9.17, 15) is 13.2 Å². The highest BCUT2D eigenvalue weighted by atomic mass is 32.2. The second kappa shape index (κ2) is 14.3. The SMILES string of the molecule is CCCC1=Nc2cnc3ccccc3c2[N+]1(CCCCNS(C)(=O)=O)OCCCCCCNC(=O)OC(C)(C)C. The number of quaternary nitrogens is 1. The number of fused-ring (bicyclic) bond motifs is 3. The molecule has 11 heteroatoms. The number of para-hydroxylation sites is 1. The van der Waals surface area contributed by atoms with E-state index in [2.05, 4.69) is 28.0 Å². The number of unbranched alkanes of at least 4 members (excludes halogenated alkanes) is 4. The van der Waals surface area contributed by atoms with Gasteiger partial charge in [0.1, 0.15) is 18.8 Å².